The number of halogens is 1. The Morgan fingerprint density at radius 1 is 1.00 bits per heavy atom. The van der Waals surface area contributed by atoms with Crippen molar-refractivity contribution in [3.63, 3.8) is 0 Å². The van der Waals surface area contributed by atoms with E-state index in [-0.39, 0.29) is 5.69 Å². The minimum Gasteiger partial charge on any atom is -0.396 e. The number of rotatable bonds is 1. The molecule has 1 heterocycles. The lowest BCUT2D eigenvalue weighted by atomic mass is 10.0. The first kappa shape index (κ1) is 10.7. The lowest BCUT2D eigenvalue weighted by molar-refractivity contribution is 0.633. The van der Waals surface area contributed by atoms with Gasteiger partial charge >= 0.3 is 0 Å². The van der Waals surface area contributed by atoms with E-state index in [1.165, 1.54) is 6.07 Å². The molecule has 0 fully saturated rings. The van der Waals surface area contributed by atoms with E-state index < -0.39 is 5.82 Å². The molecule has 0 atom stereocenters. The molecule has 3 heteroatoms. The molecule has 0 amide bonds. The van der Waals surface area contributed by atoms with Crippen molar-refractivity contribution in [3.05, 3.63) is 60.7 Å². The van der Waals surface area contributed by atoms with Crippen LogP contribution in [0.3, 0.4) is 0 Å². The molecule has 0 unspecified atom stereocenters. The van der Waals surface area contributed by atoms with Gasteiger partial charge in [-0.2, -0.15) is 0 Å². The summed E-state index contributed by atoms with van der Waals surface area (Å²) in [5.41, 5.74) is 7.34. The SMILES string of the molecule is Nc1ccc(-c2cncc3ccccc23)cc1F. The number of benzene rings is 2. The van der Waals surface area contributed by atoms with Gasteiger partial charge in [-0.15, -0.1) is 0 Å². The van der Waals surface area contributed by atoms with Crippen LogP contribution in [0.15, 0.2) is 54.9 Å². The van der Waals surface area contributed by atoms with E-state index >= 15 is 0 Å². The summed E-state index contributed by atoms with van der Waals surface area (Å²) < 4.78 is 13.5. The lowest BCUT2D eigenvalue weighted by Gasteiger charge is -2.07. The zero-order chi connectivity index (χ0) is 12.5. The Kier molecular flexibility index (Phi) is 2.45. The highest BCUT2D eigenvalue weighted by molar-refractivity contribution is 5.95. The van der Waals surface area contributed by atoms with Crippen LogP contribution >= 0.6 is 0 Å². The maximum atomic E-state index is 13.5. The first-order valence-electron chi connectivity index (χ1n) is 5.64. The molecule has 2 aromatic carbocycles. The van der Waals surface area contributed by atoms with Gasteiger partial charge in [0, 0.05) is 23.3 Å². The molecule has 2 N–H and O–H groups in total. The van der Waals surface area contributed by atoms with Crippen LogP contribution in [0.1, 0.15) is 0 Å². The first-order chi connectivity index (χ1) is 8.75. The molecule has 0 aliphatic heterocycles. The van der Waals surface area contributed by atoms with Crippen molar-refractivity contribution in [1.82, 2.24) is 4.98 Å². The highest BCUT2D eigenvalue weighted by Crippen LogP contribution is 2.28. The molecule has 3 rings (SSSR count). The van der Waals surface area contributed by atoms with Crippen molar-refractivity contribution in [2.45, 2.75) is 0 Å². The summed E-state index contributed by atoms with van der Waals surface area (Å²) in [5.74, 6) is -0.402. The fourth-order valence-electron chi connectivity index (χ4n) is 2.04. The third-order valence-corrected chi connectivity index (χ3v) is 2.98. The second-order valence-corrected chi connectivity index (χ2v) is 4.14. The molecule has 3 aromatic rings. The number of aromatic nitrogens is 1. The molecule has 0 aliphatic rings. The number of nitrogens with zero attached hydrogens (tertiary/aromatic N) is 1. The van der Waals surface area contributed by atoms with Crippen molar-refractivity contribution >= 4 is 16.5 Å². The highest BCUT2D eigenvalue weighted by atomic mass is 19.1. The molecule has 0 saturated carbocycles. The van der Waals surface area contributed by atoms with E-state index in [0.717, 1.165) is 21.9 Å². The van der Waals surface area contributed by atoms with Gasteiger partial charge < -0.3 is 5.73 Å². The summed E-state index contributed by atoms with van der Waals surface area (Å²) in [7, 11) is 0. The molecule has 88 valence electrons. The maximum absolute atomic E-state index is 13.5. The minimum absolute atomic E-state index is 0.159. The van der Waals surface area contributed by atoms with Crippen molar-refractivity contribution in [1.29, 1.82) is 0 Å². The Bertz CT molecular complexity index is 717. The zero-order valence-electron chi connectivity index (χ0n) is 9.60. The molecule has 0 bridgehead atoms. The third kappa shape index (κ3) is 1.70. The monoisotopic (exact) mass is 238 g/mol. The summed E-state index contributed by atoms with van der Waals surface area (Å²) >= 11 is 0. The van der Waals surface area contributed by atoms with Gasteiger partial charge in [-0.05, 0) is 23.1 Å². The average molecular weight is 238 g/mol. The predicted molar refractivity (Wildman–Crippen MR) is 71.5 cm³/mol. The highest BCUT2D eigenvalue weighted by Gasteiger charge is 2.06. The largest absolute Gasteiger partial charge is 0.396 e. The van der Waals surface area contributed by atoms with Crippen molar-refractivity contribution in [3.8, 4) is 11.1 Å². The summed E-state index contributed by atoms with van der Waals surface area (Å²) in [4.78, 5) is 4.19. The molecule has 0 radical (unpaired) electrons. The molecular weight excluding hydrogens is 227 g/mol. The van der Waals surface area contributed by atoms with Gasteiger partial charge in [-0.25, -0.2) is 4.39 Å². The van der Waals surface area contributed by atoms with Gasteiger partial charge in [0.05, 0.1) is 5.69 Å². The van der Waals surface area contributed by atoms with Crippen molar-refractivity contribution in [2.75, 3.05) is 5.73 Å². The van der Waals surface area contributed by atoms with E-state index in [4.69, 9.17) is 5.73 Å². The standard InChI is InChI=1S/C15H11FN2/c16-14-7-10(5-6-15(14)17)13-9-18-8-11-3-1-2-4-12(11)13/h1-9H,17H2. The summed E-state index contributed by atoms with van der Waals surface area (Å²) in [6, 6.07) is 12.7. The average Bonchev–Trinajstić information content (AvgIpc) is 2.41. The second-order valence-electron chi connectivity index (χ2n) is 4.14. The molecule has 18 heavy (non-hydrogen) atoms. The maximum Gasteiger partial charge on any atom is 0.146 e. The fourth-order valence-corrected chi connectivity index (χ4v) is 2.04. The predicted octanol–water partition coefficient (Wildman–Crippen LogP) is 3.62. The van der Waals surface area contributed by atoms with Gasteiger partial charge in [0.1, 0.15) is 5.82 Å². The third-order valence-electron chi connectivity index (χ3n) is 2.98. The van der Waals surface area contributed by atoms with Crippen molar-refractivity contribution in [2.24, 2.45) is 0 Å². The van der Waals surface area contributed by atoms with Gasteiger partial charge in [0.2, 0.25) is 0 Å². The Balaban J connectivity index is 2.28. The Morgan fingerprint density at radius 3 is 2.67 bits per heavy atom. The summed E-state index contributed by atoms with van der Waals surface area (Å²) in [5, 5.41) is 2.09. The van der Waals surface area contributed by atoms with Crippen molar-refractivity contribution < 1.29 is 4.39 Å². The van der Waals surface area contributed by atoms with Crippen LogP contribution < -0.4 is 5.73 Å². The van der Waals surface area contributed by atoms with E-state index in [1.54, 1.807) is 18.5 Å². The van der Waals surface area contributed by atoms with Gasteiger partial charge in [0.25, 0.3) is 0 Å². The van der Waals surface area contributed by atoms with E-state index in [2.05, 4.69) is 4.98 Å². The Morgan fingerprint density at radius 2 is 1.83 bits per heavy atom. The van der Waals surface area contributed by atoms with Crippen LogP contribution in [0, 0.1) is 5.82 Å². The number of hydrogen-bond acceptors (Lipinski definition) is 2. The van der Waals surface area contributed by atoms with Gasteiger partial charge in [0.15, 0.2) is 0 Å². The zero-order valence-corrected chi connectivity index (χ0v) is 9.60. The van der Waals surface area contributed by atoms with Crippen LogP contribution in [0.25, 0.3) is 21.9 Å². The number of nitrogens with two attached hydrogens (primary N) is 1. The van der Waals surface area contributed by atoms with Crippen LogP contribution in [0.2, 0.25) is 0 Å². The van der Waals surface area contributed by atoms with Gasteiger partial charge in [-0.1, -0.05) is 30.3 Å². The fraction of sp³-hybridized carbons (Fsp3) is 0. The molecule has 2 nitrogen and oxygen atoms in total. The van der Waals surface area contributed by atoms with Crippen LogP contribution in [-0.4, -0.2) is 4.98 Å². The lowest BCUT2D eigenvalue weighted by Crippen LogP contribution is -1.91. The van der Waals surface area contributed by atoms with Gasteiger partial charge in [-0.3, -0.25) is 4.98 Å². The van der Waals surface area contributed by atoms with E-state index in [1.807, 2.05) is 30.3 Å². The Labute approximate surface area is 104 Å². The number of anilines is 1. The molecule has 0 spiro atoms. The number of hydrogen-bond donors (Lipinski definition) is 1. The topological polar surface area (TPSA) is 38.9 Å². The van der Waals surface area contributed by atoms with Crippen LogP contribution in [0.5, 0.6) is 0 Å². The normalized spacial score (nSPS) is 10.7. The van der Waals surface area contributed by atoms with Crippen LogP contribution in [0.4, 0.5) is 10.1 Å². The molecule has 0 aliphatic carbocycles. The number of fused-ring (bicyclic) bond motifs is 1. The quantitative estimate of drug-likeness (QED) is 0.657. The second kappa shape index (κ2) is 4.11. The first-order valence-corrected chi connectivity index (χ1v) is 5.64. The molecule has 1 aromatic heterocycles. The smallest absolute Gasteiger partial charge is 0.146 e. The summed E-state index contributed by atoms with van der Waals surface area (Å²) in [6.07, 6.45) is 3.54. The Hall–Kier alpha value is -2.42. The van der Waals surface area contributed by atoms with Crippen LogP contribution in [-0.2, 0) is 0 Å². The minimum atomic E-state index is -0.402. The van der Waals surface area contributed by atoms with E-state index in [9.17, 15) is 4.39 Å². The number of pyridine rings is 1. The number of nitrogen functional groups attached to an aromatic ring is 1. The molecular formula is C15H11FN2. The molecule has 0 saturated heterocycles. The summed E-state index contributed by atoms with van der Waals surface area (Å²) in [6.45, 7) is 0. The van der Waals surface area contributed by atoms with E-state index in [0.29, 0.717) is 0 Å².